The maximum absolute atomic E-state index is 12.1. The van der Waals surface area contributed by atoms with Crippen LogP contribution in [0.4, 0.5) is 13.2 Å². The van der Waals surface area contributed by atoms with Gasteiger partial charge in [-0.2, -0.15) is 21.6 Å². The highest BCUT2D eigenvalue weighted by Gasteiger charge is 2.47. The number of rotatable bonds is 4. The SMILES string of the molecule is O=C1NC(=O)c2c(CCOS(=O)(=O)C(F)(F)F)cccc21. The fourth-order valence-corrected chi connectivity index (χ4v) is 2.26. The van der Waals surface area contributed by atoms with Crippen molar-refractivity contribution in [2.45, 2.75) is 11.9 Å². The third-order valence-electron chi connectivity index (χ3n) is 2.74. The number of fused-ring (bicyclic) bond motifs is 1. The number of nitrogens with one attached hydrogen (secondary N) is 1. The van der Waals surface area contributed by atoms with Crippen LogP contribution in [0.1, 0.15) is 26.3 Å². The molecule has 1 aromatic carbocycles. The van der Waals surface area contributed by atoms with Crippen LogP contribution < -0.4 is 5.32 Å². The first kappa shape index (κ1) is 15.4. The zero-order chi connectivity index (χ0) is 15.8. The van der Waals surface area contributed by atoms with Crippen molar-refractivity contribution in [2.75, 3.05) is 6.61 Å². The zero-order valence-electron chi connectivity index (χ0n) is 10.2. The number of carbonyl (C=O) groups is 2. The molecule has 2 rings (SSSR count). The van der Waals surface area contributed by atoms with Gasteiger partial charge in [0, 0.05) is 0 Å². The van der Waals surface area contributed by atoms with Crippen LogP contribution in [-0.4, -0.2) is 32.3 Å². The molecule has 114 valence electrons. The first-order valence-corrected chi connectivity index (χ1v) is 6.97. The van der Waals surface area contributed by atoms with E-state index in [1.54, 1.807) is 0 Å². The second kappa shape index (κ2) is 5.11. The Balaban J connectivity index is 2.14. The van der Waals surface area contributed by atoms with Gasteiger partial charge >= 0.3 is 15.6 Å². The highest BCUT2D eigenvalue weighted by atomic mass is 32.2. The molecular weight excluding hydrogens is 315 g/mol. The van der Waals surface area contributed by atoms with E-state index >= 15 is 0 Å². The summed E-state index contributed by atoms with van der Waals surface area (Å²) in [5.74, 6) is -1.29. The molecule has 21 heavy (non-hydrogen) atoms. The van der Waals surface area contributed by atoms with Crippen molar-refractivity contribution in [1.29, 1.82) is 0 Å². The Morgan fingerprint density at radius 1 is 1.14 bits per heavy atom. The van der Waals surface area contributed by atoms with Crippen LogP contribution in [0.5, 0.6) is 0 Å². The number of hydrogen-bond donors (Lipinski definition) is 1. The van der Waals surface area contributed by atoms with Gasteiger partial charge in [0.15, 0.2) is 0 Å². The lowest BCUT2D eigenvalue weighted by Crippen LogP contribution is -2.26. The van der Waals surface area contributed by atoms with E-state index in [1.165, 1.54) is 18.2 Å². The summed E-state index contributed by atoms with van der Waals surface area (Å²) in [6.45, 7) is -0.792. The van der Waals surface area contributed by atoms with E-state index in [-0.39, 0.29) is 23.1 Å². The standard InChI is InChI=1S/C11H8F3NO5S/c12-11(13,14)21(18,19)20-5-4-6-2-1-3-7-8(6)10(17)15-9(7)16/h1-3H,4-5H2,(H,15,16,17). The van der Waals surface area contributed by atoms with E-state index in [2.05, 4.69) is 4.18 Å². The molecule has 1 aliphatic heterocycles. The van der Waals surface area contributed by atoms with E-state index in [0.29, 0.717) is 0 Å². The minimum atomic E-state index is -5.67. The second-order valence-electron chi connectivity index (χ2n) is 4.09. The number of alkyl halides is 3. The van der Waals surface area contributed by atoms with Gasteiger partial charge in [0.2, 0.25) is 0 Å². The van der Waals surface area contributed by atoms with E-state index < -0.39 is 34.0 Å². The lowest BCUT2D eigenvalue weighted by atomic mass is 10.0. The van der Waals surface area contributed by atoms with E-state index in [1.807, 2.05) is 5.32 Å². The molecule has 0 aliphatic carbocycles. The van der Waals surface area contributed by atoms with Crippen LogP contribution in [0.2, 0.25) is 0 Å². The van der Waals surface area contributed by atoms with E-state index in [4.69, 9.17) is 0 Å². The minimum Gasteiger partial charge on any atom is -0.288 e. The van der Waals surface area contributed by atoms with Gasteiger partial charge in [-0.15, -0.1) is 0 Å². The first-order valence-electron chi connectivity index (χ1n) is 5.57. The molecule has 0 saturated carbocycles. The van der Waals surface area contributed by atoms with Gasteiger partial charge in [-0.25, -0.2) is 0 Å². The minimum absolute atomic E-state index is 0.0236. The molecule has 0 spiro atoms. The maximum Gasteiger partial charge on any atom is 0.523 e. The predicted octanol–water partition coefficient (Wildman–Crippen LogP) is 0.979. The molecule has 0 radical (unpaired) electrons. The predicted molar refractivity (Wildman–Crippen MR) is 62.9 cm³/mol. The topological polar surface area (TPSA) is 89.5 Å². The van der Waals surface area contributed by atoms with Gasteiger partial charge in [-0.1, -0.05) is 12.1 Å². The molecule has 1 heterocycles. The summed E-state index contributed by atoms with van der Waals surface area (Å²) in [6.07, 6.45) is -0.265. The molecule has 1 aliphatic rings. The van der Waals surface area contributed by atoms with Crippen molar-refractivity contribution in [3.05, 3.63) is 34.9 Å². The Hall–Kier alpha value is -1.94. The molecule has 0 bridgehead atoms. The molecule has 1 aromatic rings. The summed E-state index contributed by atoms with van der Waals surface area (Å²) in [5.41, 5.74) is -5.15. The number of amides is 2. The van der Waals surface area contributed by atoms with Gasteiger partial charge in [-0.3, -0.25) is 19.1 Å². The summed E-state index contributed by atoms with van der Waals surface area (Å²) in [5, 5.41) is 2.04. The molecule has 0 atom stereocenters. The van der Waals surface area contributed by atoms with Crippen LogP contribution in [0.3, 0.4) is 0 Å². The fraction of sp³-hybridized carbons (Fsp3) is 0.273. The van der Waals surface area contributed by atoms with Crippen molar-refractivity contribution in [2.24, 2.45) is 0 Å². The maximum atomic E-state index is 12.1. The van der Waals surface area contributed by atoms with Crippen molar-refractivity contribution in [3.8, 4) is 0 Å². The van der Waals surface area contributed by atoms with Crippen molar-refractivity contribution in [3.63, 3.8) is 0 Å². The molecule has 1 N–H and O–H groups in total. The third kappa shape index (κ3) is 2.90. The number of hydrogen-bond acceptors (Lipinski definition) is 5. The van der Waals surface area contributed by atoms with Gasteiger partial charge in [-0.05, 0) is 18.1 Å². The highest BCUT2D eigenvalue weighted by molar-refractivity contribution is 7.87. The lowest BCUT2D eigenvalue weighted by Gasteiger charge is -2.09. The Bertz CT molecular complexity index is 711. The number of carbonyl (C=O) groups excluding carboxylic acids is 2. The van der Waals surface area contributed by atoms with E-state index in [9.17, 15) is 31.2 Å². The van der Waals surface area contributed by atoms with Crippen LogP contribution in [0.25, 0.3) is 0 Å². The molecule has 0 fully saturated rings. The summed E-state index contributed by atoms with van der Waals surface area (Å²) < 4.78 is 61.5. The Morgan fingerprint density at radius 3 is 2.43 bits per heavy atom. The summed E-state index contributed by atoms with van der Waals surface area (Å²) in [4.78, 5) is 22.9. The summed E-state index contributed by atoms with van der Waals surface area (Å²) >= 11 is 0. The number of imide groups is 1. The fourth-order valence-electron chi connectivity index (χ4n) is 1.83. The van der Waals surface area contributed by atoms with Crippen molar-refractivity contribution < 1.29 is 35.4 Å². The quantitative estimate of drug-likeness (QED) is 0.507. The zero-order valence-corrected chi connectivity index (χ0v) is 11.0. The molecule has 6 nitrogen and oxygen atoms in total. The van der Waals surface area contributed by atoms with Crippen molar-refractivity contribution in [1.82, 2.24) is 5.32 Å². The normalized spacial score (nSPS) is 15.0. The average molecular weight is 323 g/mol. The summed E-state index contributed by atoms with van der Waals surface area (Å²) in [6, 6.07) is 4.22. The number of halogens is 3. The Labute approximate surface area is 117 Å². The molecule has 0 saturated heterocycles. The molecule has 2 amide bonds. The summed E-state index contributed by atoms with van der Waals surface area (Å²) in [7, 11) is -5.67. The Morgan fingerprint density at radius 2 is 1.81 bits per heavy atom. The van der Waals surface area contributed by atoms with Gasteiger partial charge < -0.3 is 0 Å². The van der Waals surface area contributed by atoms with Gasteiger partial charge in [0.05, 0.1) is 17.7 Å². The molecular formula is C11H8F3NO5S. The smallest absolute Gasteiger partial charge is 0.288 e. The lowest BCUT2D eigenvalue weighted by molar-refractivity contribution is -0.0541. The van der Waals surface area contributed by atoms with E-state index in [0.717, 1.165) is 0 Å². The first-order chi connectivity index (χ1) is 9.63. The van der Waals surface area contributed by atoms with Crippen molar-refractivity contribution >= 4 is 21.9 Å². The van der Waals surface area contributed by atoms with Crippen LogP contribution in [0.15, 0.2) is 18.2 Å². The van der Waals surface area contributed by atoms with Crippen LogP contribution in [-0.2, 0) is 20.7 Å². The molecule has 0 unspecified atom stereocenters. The molecule has 10 heteroatoms. The average Bonchev–Trinajstić information content (AvgIpc) is 2.64. The van der Waals surface area contributed by atoms with Gasteiger partial charge in [0.1, 0.15) is 0 Å². The van der Waals surface area contributed by atoms with Gasteiger partial charge in [0.25, 0.3) is 11.8 Å². The monoisotopic (exact) mass is 323 g/mol. The Kier molecular flexibility index (Phi) is 3.76. The van der Waals surface area contributed by atoms with Crippen LogP contribution >= 0.6 is 0 Å². The number of benzene rings is 1. The largest absolute Gasteiger partial charge is 0.523 e. The second-order valence-corrected chi connectivity index (χ2v) is 5.70. The highest BCUT2D eigenvalue weighted by Crippen LogP contribution is 2.25. The van der Waals surface area contributed by atoms with Crippen LogP contribution in [0, 0.1) is 0 Å². The third-order valence-corrected chi connectivity index (χ3v) is 3.79. The molecule has 0 aromatic heterocycles.